The molecule has 0 aliphatic rings. The number of ether oxygens (including phenoxy) is 1. The van der Waals surface area contributed by atoms with Crippen molar-refractivity contribution in [3.05, 3.63) is 100.0 Å². The van der Waals surface area contributed by atoms with E-state index in [9.17, 15) is 9.59 Å². The second kappa shape index (κ2) is 7.49. The Bertz CT molecular complexity index is 902. The van der Waals surface area contributed by atoms with Crippen molar-refractivity contribution in [1.29, 1.82) is 0 Å². The maximum absolute atomic E-state index is 12.6. The number of benzene rings is 2. The molecule has 1 unspecified atom stereocenters. The minimum Gasteiger partial charge on any atom is -0.497 e. The Hall–Kier alpha value is -3.34. The van der Waals surface area contributed by atoms with Crippen LogP contribution in [0.25, 0.3) is 0 Å². The third-order valence-electron chi connectivity index (χ3n) is 3.92. The van der Waals surface area contributed by atoms with Crippen LogP contribution in [0.5, 0.6) is 5.75 Å². The van der Waals surface area contributed by atoms with Crippen LogP contribution in [0.3, 0.4) is 0 Å². The number of carbonyl (C=O) groups is 1. The number of H-pyrrole nitrogens is 1. The summed E-state index contributed by atoms with van der Waals surface area (Å²) in [6.07, 6.45) is 1.50. The average Bonchev–Trinajstić information content (AvgIpc) is 2.67. The maximum atomic E-state index is 12.6. The first-order chi connectivity index (χ1) is 12.2. The minimum atomic E-state index is -0.425. The molecule has 0 fully saturated rings. The molecule has 1 aromatic heterocycles. The molecule has 2 N–H and O–H groups in total. The van der Waals surface area contributed by atoms with Gasteiger partial charge in [-0.15, -0.1) is 0 Å². The van der Waals surface area contributed by atoms with E-state index in [1.807, 2.05) is 54.6 Å². The first-order valence-electron chi connectivity index (χ1n) is 7.86. The molecule has 0 spiro atoms. The number of carbonyl (C=O) groups excluding carboxylic acids is 1. The largest absolute Gasteiger partial charge is 0.497 e. The summed E-state index contributed by atoms with van der Waals surface area (Å²) in [5.41, 5.74) is 1.49. The third kappa shape index (κ3) is 3.77. The van der Waals surface area contributed by atoms with E-state index in [2.05, 4.69) is 10.3 Å². The van der Waals surface area contributed by atoms with Crippen LogP contribution in [0.4, 0.5) is 0 Å². The molecule has 5 heteroatoms. The minimum absolute atomic E-state index is 0.0805. The summed E-state index contributed by atoms with van der Waals surface area (Å²) in [5.74, 6) is 0.313. The summed E-state index contributed by atoms with van der Waals surface area (Å²) in [6, 6.07) is 19.8. The van der Waals surface area contributed by atoms with Crippen molar-refractivity contribution in [1.82, 2.24) is 10.3 Å². The van der Waals surface area contributed by atoms with Gasteiger partial charge in [0.15, 0.2) is 0 Å². The van der Waals surface area contributed by atoms with E-state index in [4.69, 9.17) is 4.74 Å². The van der Waals surface area contributed by atoms with Gasteiger partial charge in [-0.2, -0.15) is 0 Å². The van der Waals surface area contributed by atoms with Crippen LogP contribution in [0.2, 0.25) is 0 Å². The Morgan fingerprint density at radius 2 is 1.64 bits per heavy atom. The fraction of sp³-hybridized carbons (Fsp3) is 0.100. The molecule has 0 radical (unpaired) electrons. The van der Waals surface area contributed by atoms with Gasteiger partial charge in [-0.05, 0) is 35.4 Å². The molecule has 3 aromatic rings. The molecule has 3 rings (SSSR count). The Morgan fingerprint density at radius 1 is 0.960 bits per heavy atom. The summed E-state index contributed by atoms with van der Waals surface area (Å²) < 4.78 is 5.19. The van der Waals surface area contributed by atoms with Crippen LogP contribution in [-0.4, -0.2) is 18.0 Å². The van der Waals surface area contributed by atoms with Crippen LogP contribution in [0, 0.1) is 0 Å². The number of aromatic nitrogens is 1. The number of hydrogen-bond acceptors (Lipinski definition) is 3. The summed E-state index contributed by atoms with van der Waals surface area (Å²) in [7, 11) is 1.60. The van der Waals surface area contributed by atoms with Gasteiger partial charge >= 0.3 is 0 Å². The summed E-state index contributed by atoms with van der Waals surface area (Å²) in [4.78, 5) is 27.0. The Balaban J connectivity index is 1.95. The highest BCUT2D eigenvalue weighted by Crippen LogP contribution is 2.24. The van der Waals surface area contributed by atoms with E-state index in [1.165, 1.54) is 12.3 Å². The number of amides is 1. The van der Waals surface area contributed by atoms with Crippen molar-refractivity contribution in [2.45, 2.75) is 6.04 Å². The van der Waals surface area contributed by atoms with Crippen molar-refractivity contribution < 1.29 is 9.53 Å². The van der Waals surface area contributed by atoms with Gasteiger partial charge in [-0.25, -0.2) is 0 Å². The third-order valence-corrected chi connectivity index (χ3v) is 3.92. The highest BCUT2D eigenvalue weighted by Gasteiger charge is 2.19. The Kier molecular flexibility index (Phi) is 4.95. The molecule has 5 nitrogen and oxygen atoms in total. The van der Waals surface area contributed by atoms with Gasteiger partial charge in [-0.1, -0.05) is 42.5 Å². The molecule has 0 saturated carbocycles. The predicted molar refractivity (Wildman–Crippen MR) is 95.8 cm³/mol. The smallest absolute Gasteiger partial charge is 0.260 e. The van der Waals surface area contributed by atoms with Gasteiger partial charge < -0.3 is 15.0 Å². The van der Waals surface area contributed by atoms with Crippen molar-refractivity contribution >= 4 is 5.91 Å². The van der Waals surface area contributed by atoms with Gasteiger partial charge in [0.1, 0.15) is 11.3 Å². The van der Waals surface area contributed by atoms with E-state index in [0.717, 1.165) is 16.9 Å². The molecule has 0 aliphatic carbocycles. The predicted octanol–water partition coefficient (Wildman–Crippen LogP) is 2.90. The van der Waals surface area contributed by atoms with Crippen LogP contribution >= 0.6 is 0 Å². The summed E-state index contributed by atoms with van der Waals surface area (Å²) in [5, 5.41) is 2.94. The van der Waals surface area contributed by atoms with Gasteiger partial charge in [0.05, 0.1) is 13.2 Å². The second-order valence-corrected chi connectivity index (χ2v) is 5.50. The van der Waals surface area contributed by atoms with E-state index >= 15 is 0 Å². The van der Waals surface area contributed by atoms with Gasteiger partial charge in [0.25, 0.3) is 11.5 Å². The lowest BCUT2D eigenvalue weighted by Crippen LogP contribution is -2.33. The standard InChI is InChI=1S/C20H18N2O3/c1-25-16-11-9-15(10-12-16)18(14-6-3-2-4-7-14)22-20(24)17-8-5-13-21-19(17)23/h2-13,18H,1H3,(H,21,23)(H,22,24). The number of methoxy groups -OCH3 is 1. The SMILES string of the molecule is COc1ccc(C(NC(=O)c2ccc[nH]c2=O)c2ccccc2)cc1. The van der Waals surface area contributed by atoms with Crippen molar-refractivity contribution in [3.63, 3.8) is 0 Å². The molecule has 1 atom stereocenters. The highest BCUT2D eigenvalue weighted by molar-refractivity contribution is 5.94. The van der Waals surface area contributed by atoms with Crippen molar-refractivity contribution in [2.75, 3.05) is 7.11 Å². The quantitative estimate of drug-likeness (QED) is 0.754. The number of hydrogen-bond donors (Lipinski definition) is 2. The van der Waals surface area contributed by atoms with Crippen LogP contribution < -0.4 is 15.6 Å². The van der Waals surface area contributed by atoms with E-state index in [0.29, 0.717) is 0 Å². The molecule has 0 bridgehead atoms. The van der Waals surface area contributed by atoms with Gasteiger partial charge in [-0.3, -0.25) is 9.59 Å². The monoisotopic (exact) mass is 334 g/mol. The normalized spacial score (nSPS) is 11.6. The molecule has 1 heterocycles. The second-order valence-electron chi connectivity index (χ2n) is 5.50. The van der Waals surface area contributed by atoms with Gasteiger partial charge in [0.2, 0.25) is 0 Å². The molecular weight excluding hydrogens is 316 g/mol. The molecule has 0 saturated heterocycles. The summed E-state index contributed by atoms with van der Waals surface area (Å²) in [6.45, 7) is 0. The van der Waals surface area contributed by atoms with Crippen LogP contribution in [0.15, 0.2) is 77.7 Å². The molecule has 25 heavy (non-hydrogen) atoms. The number of rotatable bonds is 5. The van der Waals surface area contributed by atoms with E-state index < -0.39 is 11.5 Å². The van der Waals surface area contributed by atoms with Crippen LogP contribution in [-0.2, 0) is 0 Å². The zero-order valence-electron chi connectivity index (χ0n) is 13.7. The number of aromatic amines is 1. The molecule has 0 aliphatic heterocycles. The molecule has 1 amide bonds. The number of nitrogens with one attached hydrogen (secondary N) is 2. The maximum Gasteiger partial charge on any atom is 0.260 e. The Morgan fingerprint density at radius 3 is 2.28 bits per heavy atom. The fourth-order valence-electron chi connectivity index (χ4n) is 2.61. The fourth-order valence-corrected chi connectivity index (χ4v) is 2.61. The zero-order chi connectivity index (χ0) is 17.6. The Labute approximate surface area is 145 Å². The number of pyridine rings is 1. The van der Waals surface area contributed by atoms with Crippen molar-refractivity contribution in [2.24, 2.45) is 0 Å². The molecule has 2 aromatic carbocycles. The van der Waals surface area contributed by atoms with E-state index in [1.54, 1.807) is 13.2 Å². The average molecular weight is 334 g/mol. The molecule has 126 valence electrons. The highest BCUT2D eigenvalue weighted by atomic mass is 16.5. The topological polar surface area (TPSA) is 71.2 Å². The van der Waals surface area contributed by atoms with E-state index in [-0.39, 0.29) is 11.6 Å². The van der Waals surface area contributed by atoms with Gasteiger partial charge in [0, 0.05) is 6.20 Å². The lowest BCUT2D eigenvalue weighted by molar-refractivity contribution is 0.0941. The van der Waals surface area contributed by atoms with Crippen molar-refractivity contribution in [3.8, 4) is 5.75 Å². The lowest BCUT2D eigenvalue weighted by Gasteiger charge is -2.20. The molecular formula is C20H18N2O3. The van der Waals surface area contributed by atoms with Crippen LogP contribution in [0.1, 0.15) is 27.5 Å². The zero-order valence-corrected chi connectivity index (χ0v) is 13.7. The first-order valence-corrected chi connectivity index (χ1v) is 7.86. The first kappa shape index (κ1) is 16.5. The lowest BCUT2D eigenvalue weighted by atomic mass is 9.98. The summed E-state index contributed by atoms with van der Waals surface area (Å²) >= 11 is 0.